The molecule has 5 rings (SSSR count). The second kappa shape index (κ2) is 9.43. The first-order chi connectivity index (χ1) is 16.2. The molecule has 3 aromatic carbocycles. The van der Waals surface area contributed by atoms with Crippen LogP contribution < -0.4 is 4.90 Å². The van der Waals surface area contributed by atoms with E-state index in [1.54, 1.807) is 0 Å². The molecule has 0 N–H and O–H groups in total. The second-order valence-corrected chi connectivity index (χ2v) is 8.39. The van der Waals surface area contributed by atoms with Crippen molar-refractivity contribution in [1.82, 2.24) is 15.1 Å². The van der Waals surface area contributed by atoms with E-state index >= 15 is 0 Å². The van der Waals surface area contributed by atoms with Gasteiger partial charge in [-0.15, -0.1) is 10.2 Å². The quantitative estimate of drug-likeness (QED) is 0.412. The molecule has 0 aliphatic carbocycles. The van der Waals surface area contributed by atoms with E-state index in [9.17, 15) is 4.79 Å². The normalized spacial score (nSPS) is 13.7. The molecule has 0 bridgehead atoms. The molecule has 1 saturated heterocycles. The Morgan fingerprint density at radius 1 is 0.697 bits per heavy atom. The van der Waals surface area contributed by atoms with Gasteiger partial charge in [0.1, 0.15) is 0 Å². The summed E-state index contributed by atoms with van der Waals surface area (Å²) in [6.07, 6.45) is 0. The Balaban J connectivity index is 1.21. The Morgan fingerprint density at radius 3 is 2.03 bits per heavy atom. The Morgan fingerprint density at radius 2 is 1.36 bits per heavy atom. The number of anilines is 1. The van der Waals surface area contributed by atoms with Crippen molar-refractivity contribution in [3.8, 4) is 22.4 Å². The summed E-state index contributed by atoms with van der Waals surface area (Å²) in [5, 5.41) is 9.42. The first-order valence-corrected chi connectivity index (χ1v) is 11.4. The third kappa shape index (κ3) is 4.59. The van der Waals surface area contributed by atoms with Crippen molar-refractivity contribution in [3.63, 3.8) is 0 Å². The fraction of sp³-hybridized carbons (Fsp3) is 0.148. The van der Waals surface area contributed by atoms with Crippen molar-refractivity contribution in [2.24, 2.45) is 0 Å². The van der Waals surface area contributed by atoms with Crippen molar-refractivity contribution >= 4 is 23.3 Å². The van der Waals surface area contributed by atoms with E-state index < -0.39 is 0 Å². The monoisotopic (exact) mass is 454 g/mol. The number of halogens is 1. The first-order valence-electron chi connectivity index (χ1n) is 11.0. The number of carbonyl (C=O) groups excluding carboxylic acids is 1. The summed E-state index contributed by atoms with van der Waals surface area (Å²) in [5.41, 5.74) is 4.58. The predicted octanol–water partition coefficient (Wildman–Crippen LogP) is 5.43. The lowest BCUT2D eigenvalue weighted by Crippen LogP contribution is -2.49. The van der Waals surface area contributed by atoms with Gasteiger partial charge in [-0.1, -0.05) is 72.3 Å². The van der Waals surface area contributed by atoms with Gasteiger partial charge in [0.15, 0.2) is 5.82 Å². The van der Waals surface area contributed by atoms with Gasteiger partial charge >= 0.3 is 0 Å². The first kappa shape index (κ1) is 21.2. The molecule has 1 fully saturated rings. The summed E-state index contributed by atoms with van der Waals surface area (Å²) in [6.45, 7) is 2.72. The van der Waals surface area contributed by atoms with E-state index in [0.29, 0.717) is 36.8 Å². The minimum absolute atomic E-state index is 0.0643. The van der Waals surface area contributed by atoms with Crippen molar-refractivity contribution < 1.29 is 4.79 Å². The molecule has 0 radical (unpaired) electrons. The Hall–Kier alpha value is -3.70. The summed E-state index contributed by atoms with van der Waals surface area (Å²) >= 11 is 6.27. The fourth-order valence-electron chi connectivity index (χ4n) is 4.06. The maximum atomic E-state index is 13.0. The Labute approximate surface area is 198 Å². The van der Waals surface area contributed by atoms with E-state index in [1.807, 2.05) is 83.8 Å². The van der Waals surface area contributed by atoms with Crippen molar-refractivity contribution in [1.29, 1.82) is 0 Å². The molecule has 1 aliphatic rings. The van der Waals surface area contributed by atoms with Crippen molar-refractivity contribution in [2.45, 2.75) is 0 Å². The molecule has 33 heavy (non-hydrogen) atoms. The maximum absolute atomic E-state index is 13.0. The zero-order valence-electron chi connectivity index (χ0n) is 18.1. The highest BCUT2D eigenvalue weighted by Gasteiger charge is 2.23. The summed E-state index contributed by atoms with van der Waals surface area (Å²) < 4.78 is 0. The lowest BCUT2D eigenvalue weighted by Gasteiger charge is -2.35. The van der Waals surface area contributed by atoms with E-state index in [2.05, 4.69) is 27.2 Å². The number of hydrogen-bond donors (Lipinski definition) is 0. The molecule has 0 unspecified atom stereocenters. The number of rotatable bonds is 4. The topological polar surface area (TPSA) is 49.3 Å². The summed E-state index contributed by atoms with van der Waals surface area (Å²) in [5.74, 6) is 0.875. The molecule has 5 nitrogen and oxygen atoms in total. The van der Waals surface area contributed by atoms with Crippen LogP contribution in [0.1, 0.15) is 10.4 Å². The third-order valence-corrected chi connectivity index (χ3v) is 6.26. The molecule has 1 amide bonds. The highest BCUT2D eigenvalue weighted by molar-refractivity contribution is 6.33. The zero-order valence-corrected chi connectivity index (χ0v) is 18.8. The Bertz CT molecular complexity index is 1240. The zero-order chi connectivity index (χ0) is 22.6. The molecule has 0 saturated carbocycles. The lowest BCUT2D eigenvalue weighted by atomic mass is 10.0. The van der Waals surface area contributed by atoms with Gasteiger partial charge in [-0.25, -0.2) is 0 Å². The number of piperazine rings is 1. The van der Waals surface area contributed by atoms with Crippen molar-refractivity contribution in [3.05, 3.63) is 102 Å². The van der Waals surface area contributed by atoms with Crippen LogP contribution in [-0.4, -0.2) is 47.2 Å². The van der Waals surface area contributed by atoms with Crippen LogP contribution in [-0.2, 0) is 0 Å². The van der Waals surface area contributed by atoms with Crippen LogP contribution in [0.4, 0.5) is 5.82 Å². The highest BCUT2D eigenvalue weighted by atomic mass is 35.5. The van der Waals surface area contributed by atoms with Gasteiger partial charge in [0.05, 0.1) is 10.7 Å². The summed E-state index contributed by atoms with van der Waals surface area (Å²) in [6, 6.07) is 29.5. The number of carbonyl (C=O) groups is 1. The van der Waals surface area contributed by atoms with Gasteiger partial charge < -0.3 is 9.80 Å². The van der Waals surface area contributed by atoms with Crippen LogP contribution in [0.3, 0.4) is 0 Å². The van der Waals surface area contributed by atoms with Crippen LogP contribution in [0.5, 0.6) is 0 Å². The average molecular weight is 455 g/mol. The smallest absolute Gasteiger partial charge is 0.253 e. The van der Waals surface area contributed by atoms with Crippen LogP contribution in [0, 0.1) is 0 Å². The minimum atomic E-state index is 0.0643. The highest BCUT2D eigenvalue weighted by Crippen LogP contribution is 2.26. The van der Waals surface area contributed by atoms with Crippen molar-refractivity contribution in [2.75, 3.05) is 31.1 Å². The predicted molar refractivity (Wildman–Crippen MR) is 132 cm³/mol. The van der Waals surface area contributed by atoms with Gasteiger partial charge in [0, 0.05) is 37.3 Å². The number of benzene rings is 3. The van der Waals surface area contributed by atoms with Gasteiger partial charge in [-0.2, -0.15) is 0 Å². The number of aromatic nitrogens is 2. The average Bonchev–Trinajstić information content (AvgIpc) is 2.89. The van der Waals surface area contributed by atoms with E-state index in [4.69, 9.17) is 11.6 Å². The Kier molecular flexibility index (Phi) is 6.05. The summed E-state index contributed by atoms with van der Waals surface area (Å²) in [7, 11) is 0. The van der Waals surface area contributed by atoms with E-state index in [0.717, 1.165) is 28.2 Å². The largest absolute Gasteiger partial charge is 0.352 e. The van der Waals surface area contributed by atoms with E-state index in [1.165, 1.54) is 0 Å². The second-order valence-electron chi connectivity index (χ2n) is 7.98. The maximum Gasteiger partial charge on any atom is 0.253 e. The molecule has 1 aromatic heterocycles. The molecule has 1 aliphatic heterocycles. The molecule has 0 spiro atoms. The third-order valence-electron chi connectivity index (χ3n) is 5.93. The molecular weight excluding hydrogens is 432 g/mol. The number of hydrogen-bond acceptors (Lipinski definition) is 4. The standard InChI is InChI=1S/C27H23ClN4O/c28-24-9-5-4-8-23(24)25-14-15-26(30-29-25)31-16-18-32(19-17-31)27(33)22-12-10-21(11-13-22)20-6-2-1-3-7-20/h1-15H,16-19H2. The number of nitrogens with zero attached hydrogens (tertiary/aromatic N) is 4. The molecule has 0 atom stereocenters. The van der Waals surface area contributed by atoms with Crippen LogP contribution in [0.2, 0.25) is 5.02 Å². The van der Waals surface area contributed by atoms with E-state index in [-0.39, 0.29) is 5.91 Å². The van der Waals surface area contributed by atoms with Crippen LogP contribution >= 0.6 is 11.6 Å². The molecule has 6 heteroatoms. The van der Waals surface area contributed by atoms with Gasteiger partial charge in [0.2, 0.25) is 0 Å². The van der Waals surface area contributed by atoms with Gasteiger partial charge in [-0.05, 0) is 41.5 Å². The molecular formula is C27H23ClN4O. The fourth-order valence-corrected chi connectivity index (χ4v) is 4.30. The SMILES string of the molecule is O=C(c1ccc(-c2ccccc2)cc1)N1CCN(c2ccc(-c3ccccc3Cl)nn2)CC1. The summed E-state index contributed by atoms with van der Waals surface area (Å²) in [4.78, 5) is 17.1. The molecule has 2 heterocycles. The van der Waals surface area contributed by atoms with Gasteiger partial charge in [0.25, 0.3) is 5.91 Å². The lowest BCUT2D eigenvalue weighted by molar-refractivity contribution is 0.0746. The number of amides is 1. The molecule has 4 aromatic rings. The minimum Gasteiger partial charge on any atom is -0.352 e. The molecule has 164 valence electrons. The van der Waals surface area contributed by atoms with Gasteiger partial charge in [-0.3, -0.25) is 4.79 Å². The van der Waals surface area contributed by atoms with Crippen LogP contribution in [0.25, 0.3) is 22.4 Å². The van der Waals surface area contributed by atoms with Crippen LogP contribution in [0.15, 0.2) is 91.0 Å².